The monoisotopic (exact) mass is 288 g/mol. The summed E-state index contributed by atoms with van der Waals surface area (Å²) < 4.78 is 0.911. The van der Waals surface area contributed by atoms with Crippen LogP contribution in [0.15, 0.2) is 22.7 Å². The summed E-state index contributed by atoms with van der Waals surface area (Å²) in [6.45, 7) is 0. The van der Waals surface area contributed by atoms with E-state index in [1.54, 1.807) is 0 Å². The molecule has 0 saturated heterocycles. The molecule has 0 aliphatic heterocycles. The van der Waals surface area contributed by atoms with Crippen LogP contribution in [-0.4, -0.2) is 11.1 Å². The molecule has 0 aromatic heterocycles. The third-order valence-corrected chi connectivity index (χ3v) is 3.81. The summed E-state index contributed by atoms with van der Waals surface area (Å²) in [5.74, 6) is -0.765. The smallest absolute Gasteiger partial charge is 0.304 e. The first-order valence-corrected chi connectivity index (χ1v) is 5.88. The third kappa shape index (κ3) is 2.04. The fourth-order valence-electron chi connectivity index (χ4n) is 1.96. The fraction of sp³-hybridized carbons (Fsp3) is 0.364. The van der Waals surface area contributed by atoms with Gasteiger partial charge in [0.2, 0.25) is 0 Å². The van der Waals surface area contributed by atoms with Crippen LogP contribution in [0.3, 0.4) is 0 Å². The molecule has 0 bridgehead atoms. The van der Waals surface area contributed by atoms with Gasteiger partial charge >= 0.3 is 5.97 Å². The number of hydrogen-bond acceptors (Lipinski definition) is 1. The summed E-state index contributed by atoms with van der Waals surface area (Å²) in [4.78, 5) is 10.8. The molecule has 1 aliphatic rings. The van der Waals surface area contributed by atoms with Crippen molar-refractivity contribution in [3.63, 3.8) is 0 Å². The number of rotatable bonds is 3. The Kier molecular flexibility index (Phi) is 2.77. The molecule has 15 heavy (non-hydrogen) atoms. The summed E-state index contributed by atoms with van der Waals surface area (Å²) in [7, 11) is 0. The van der Waals surface area contributed by atoms with Crippen LogP contribution in [0.25, 0.3) is 0 Å². The number of carboxylic acids is 1. The van der Waals surface area contributed by atoms with Gasteiger partial charge < -0.3 is 5.11 Å². The van der Waals surface area contributed by atoms with Crippen molar-refractivity contribution in [2.24, 2.45) is 0 Å². The normalized spacial score (nSPS) is 17.5. The number of aliphatic carboxylic acids is 1. The Labute approximate surface area is 101 Å². The summed E-state index contributed by atoms with van der Waals surface area (Å²) >= 11 is 9.55. The topological polar surface area (TPSA) is 37.3 Å². The van der Waals surface area contributed by atoms with Crippen LogP contribution in [-0.2, 0) is 10.2 Å². The maximum Gasteiger partial charge on any atom is 0.304 e. The molecule has 0 spiro atoms. The number of halogens is 2. The zero-order valence-electron chi connectivity index (χ0n) is 7.96. The van der Waals surface area contributed by atoms with E-state index in [0.29, 0.717) is 5.02 Å². The van der Waals surface area contributed by atoms with Gasteiger partial charge in [0, 0.05) is 14.9 Å². The van der Waals surface area contributed by atoms with Crippen molar-refractivity contribution in [2.75, 3.05) is 0 Å². The Hall–Kier alpha value is -0.540. The average molecular weight is 290 g/mol. The molecule has 1 aromatic carbocycles. The lowest BCUT2D eigenvalue weighted by molar-refractivity contribution is -0.137. The van der Waals surface area contributed by atoms with E-state index < -0.39 is 5.97 Å². The largest absolute Gasteiger partial charge is 0.481 e. The van der Waals surface area contributed by atoms with Gasteiger partial charge in [-0.3, -0.25) is 4.79 Å². The Bertz CT molecular complexity index is 393. The van der Waals surface area contributed by atoms with Crippen molar-refractivity contribution in [1.82, 2.24) is 0 Å². The first kappa shape index (κ1) is 11.0. The van der Waals surface area contributed by atoms with Crippen molar-refractivity contribution in [3.05, 3.63) is 33.3 Å². The van der Waals surface area contributed by atoms with Crippen LogP contribution >= 0.6 is 27.5 Å². The van der Waals surface area contributed by atoms with Crippen LogP contribution in [0.1, 0.15) is 24.8 Å². The quantitative estimate of drug-likeness (QED) is 0.923. The van der Waals surface area contributed by atoms with Gasteiger partial charge in [-0.2, -0.15) is 0 Å². The molecule has 2 nitrogen and oxygen atoms in total. The molecule has 1 aliphatic carbocycles. The van der Waals surface area contributed by atoms with E-state index in [1.165, 1.54) is 0 Å². The molecule has 1 N–H and O–H groups in total. The van der Waals surface area contributed by atoms with E-state index >= 15 is 0 Å². The minimum atomic E-state index is -0.765. The molecule has 2 rings (SSSR count). The molecular formula is C11H10BrClO2. The van der Waals surface area contributed by atoms with Crippen LogP contribution in [0, 0.1) is 0 Å². The van der Waals surface area contributed by atoms with Gasteiger partial charge in [0.05, 0.1) is 6.42 Å². The lowest BCUT2D eigenvalue weighted by Gasteiger charge is -2.16. The Morgan fingerprint density at radius 1 is 1.53 bits per heavy atom. The predicted octanol–water partition coefficient (Wildman–Crippen LogP) is 3.61. The third-order valence-electron chi connectivity index (χ3n) is 2.84. The average Bonchev–Trinajstić information content (AvgIpc) is 2.83. The molecule has 1 aromatic rings. The standard InChI is InChI=1S/C11H10BrClO2/c12-7-2-1-3-8(13)10(7)11(4-5-11)6-9(14)15/h1-3H,4-6H2,(H,14,15). The predicted molar refractivity (Wildman–Crippen MR) is 62.3 cm³/mol. The lowest BCUT2D eigenvalue weighted by Crippen LogP contribution is -2.14. The lowest BCUT2D eigenvalue weighted by atomic mass is 9.92. The SMILES string of the molecule is O=C(O)CC1(c2c(Cl)cccc2Br)CC1. The van der Waals surface area contributed by atoms with E-state index in [1.807, 2.05) is 18.2 Å². The fourth-order valence-corrected chi connectivity index (χ4v) is 3.24. The second-order valence-electron chi connectivity index (χ2n) is 3.95. The maximum atomic E-state index is 10.8. The molecule has 0 heterocycles. The van der Waals surface area contributed by atoms with Crippen LogP contribution in [0.2, 0.25) is 5.02 Å². The van der Waals surface area contributed by atoms with Gasteiger partial charge in [-0.05, 0) is 30.5 Å². The minimum Gasteiger partial charge on any atom is -0.481 e. The highest BCUT2D eigenvalue weighted by atomic mass is 79.9. The van der Waals surface area contributed by atoms with Gasteiger partial charge in [-0.1, -0.05) is 33.6 Å². The van der Waals surface area contributed by atoms with Crippen molar-refractivity contribution < 1.29 is 9.90 Å². The number of carbonyl (C=O) groups is 1. The summed E-state index contributed by atoms with van der Waals surface area (Å²) in [5.41, 5.74) is 0.720. The second-order valence-corrected chi connectivity index (χ2v) is 5.21. The van der Waals surface area contributed by atoms with Gasteiger partial charge in [0.25, 0.3) is 0 Å². The van der Waals surface area contributed by atoms with Crippen LogP contribution in [0.4, 0.5) is 0 Å². The van der Waals surface area contributed by atoms with E-state index in [9.17, 15) is 4.79 Å². The van der Waals surface area contributed by atoms with Crippen molar-refractivity contribution >= 4 is 33.5 Å². The summed E-state index contributed by atoms with van der Waals surface area (Å²) in [6, 6.07) is 5.57. The summed E-state index contributed by atoms with van der Waals surface area (Å²) in [6.07, 6.45) is 1.97. The van der Waals surface area contributed by atoms with E-state index in [4.69, 9.17) is 16.7 Å². The van der Waals surface area contributed by atoms with Gasteiger partial charge in [-0.15, -0.1) is 0 Å². The minimum absolute atomic E-state index is 0.162. The van der Waals surface area contributed by atoms with E-state index in [-0.39, 0.29) is 11.8 Å². The molecule has 0 amide bonds. The van der Waals surface area contributed by atoms with Gasteiger partial charge in [0.15, 0.2) is 0 Å². The number of carboxylic acid groups (broad SMARTS) is 1. The van der Waals surface area contributed by atoms with Gasteiger partial charge in [0.1, 0.15) is 0 Å². The molecule has 4 heteroatoms. The Balaban J connectivity index is 2.41. The summed E-state index contributed by atoms with van der Waals surface area (Å²) in [5, 5.41) is 9.53. The van der Waals surface area contributed by atoms with Crippen molar-refractivity contribution in [2.45, 2.75) is 24.7 Å². The molecule has 0 atom stereocenters. The second kappa shape index (κ2) is 3.80. The number of benzene rings is 1. The molecule has 0 radical (unpaired) electrons. The molecule has 1 saturated carbocycles. The molecule has 1 fully saturated rings. The van der Waals surface area contributed by atoms with Gasteiger partial charge in [-0.25, -0.2) is 0 Å². The zero-order chi connectivity index (χ0) is 11.1. The highest BCUT2D eigenvalue weighted by molar-refractivity contribution is 9.10. The van der Waals surface area contributed by atoms with Crippen molar-refractivity contribution in [3.8, 4) is 0 Å². The maximum absolute atomic E-state index is 10.8. The zero-order valence-corrected chi connectivity index (χ0v) is 10.3. The van der Waals surface area contributed by atoms with Crippen molar-refractivity contribution in [1.29, 1.82) is 0 Å². The number of hydrogen-bond donors (Lipinski definition) is 1. The molecule has 0 unspecified atom stereocenters. The van der Waals surface area contributed by atoms with Crippen LogP contribution in [0.5, 0.6) is 0 Å². The molecule has 80 valence electrons. The van der Waals surface area contributed by atoms with E-state index in [0.717, 1.165) is 22.9 Å². The first-order valence-electron chi connectivity index (χ1n) is 4.71. The van der Waals surface area contributed by atoms with E-state index in [2.05, 4.69) is 15.9 Å². The highest BCUT2D eigenvalue weighted by Gasteiger charge is 2.48. The first-order chi connectivity index (χ1) is 7.05. The Morgan fingerprint density at radius 3 is 2.67 bits per heavy atom. The highest BCUT2D eigenvalue weighted by Crippen LogP contribution is 2.55. The van der Waals surface area contributed by atoms with Crippen LogP contribution < -0.4 is 0 Å². The molecular weight excluding hydrogens is 279 g/mol. The Morgan fingerprint density at radius 2 is 2.20 bits per heavy atom.